The quantitative estimate of drug-likeness (QED) is 0.594. The lowest BCUT2D eigenvalue weighted by atomic mass is 10.1. The average Bonchev–Trinajstić information content (AvgIpc) is 2.70. The fourth-order valence-corrected chi connectivity index (χ4v) is 2.20. The number of nitrogens with zero attached hydrogens (tertiary/aromatic N) is 1. The molecule has 21 heavy (non-hydrogen) atoms. The number of Topliss-reactive ketones (excluding diaryl/α,β-unsaturated/α-hetero) is 1. The van der Waals surface area contributed by atoms with Crippen LogP contribution in [0.2, 0.25) is 0 Å². The summed E-state index contributed by atoms with van der Waals surface area (Å²) in [5, 5.41) is 0. The predicted octanol–water partition coefficient (Wildman–Crippen LogP) is 1.89. The number of rotatable bonds is 6. The fourth-order valence-electron chi connectivity index (χ4n) is 2.20. The Morgan fingerprint density at radius 3 is 2.24 bits per heavy atom. The topological polar surface area (TPSA) is 55.8 Å². The summed E-state index contributed by atoms with van der Waals surface area (Å²) in [4.78, 5) is 24.6. The number of halogens is 2. The van der Waals surface area contributed by atoms with Gasteiger partial charge in [-0.3, -0.25) is 14.5 Å². The Morgan fingerprint density at radius 2 is 1.67 bits per heavy atom. The van der Waals surface area contributed by atoms with Crippen molar-refractivity contribution in [1.29, 1.82) is 0 Å². The Bertz CT molecular complexity index is 570. The minimum absolute atomic E-state index is 0.181. The van der Waals surface area contributed by atoms with E-state index in [4.69, 9.17) is 9.47 Å². The van der Waals surface area contributed by atoms with Gasteiger partial charge in [0.25, 0.3) is 11.7 Å². The summed E-state index contributed by atoms with van der Waals surface area (Å²) >= 11 is 0. The Kier molecular flexibility index (Phi) is 4.64. The van der Waals surface area contributed by atoms with Crippen LogP contribution in [0.1, 0.15) is 24.2 Å². The van der Waals surface area contributed by atoms with Crippen molar-refractivity contribution in [2.45, 2.75) is 20.1 Å². The van der Waals surface area contributed by atoms with E-state index < -0.39 is 35.2 Å². The molecule has 0 bridgehead atoms. The smallest absolute Gasteiger partial charge is 0.299 e. The minimum atomic E-state index is -1.06. The maximum absolute atomic E-state index is 13.9. The van der Waals surface area contributed by atoms with E-state index >= 15 is 0 Å². The summed E-state index contributed by atoms with van der Waals surface area (Å²) in [5.74, 6) is -3.80. The highest BCUT2D eigenvalue weighted by molar-refractivity contribution is 6.52. The summed E-state index contributed by atoms with van der Waals surface area (Å²) in [6.07, 6.45) is -0.814. The first-order valence-electron chi connectivity index (χ1n) is 6.58. The Hall–Kier alpha value is -1.86. The molecule has 1 aromatic rings. The van der Waals surface area contributed by atoms with Crippen molar-refractivity contribution in [2.24, 2.45) is 0 Å². The highest BCUT2D eigenvalue weighted by atomic mass is 19.1. The number of hydrogen-bond donors (Lipinski definition) is 0. The number of amides is 1. The molecule has 114 valence electrons. The number of anilines is 1. The van der Waals surface area contributed by atoms with E-state index in [1.807, 2.05) is 0 Å². The van der Waals surface area contributed by atoms with Crippen LogP contribution in [0.25, 0.3) is 0 Å². The van der Waals surface area contributed by atoms with Crippen LogP contribution in [0.5, 0.6) is 0 Å². The molecule has 0 atom stereocenters. The first-order chi connectivity index (χ1) is 10.0. The lowest BCUT2D eigenvalue weighted by Crippen LogP contribution is -2.39. The molecule has 1 aliphatic heterocycles. The van der Waals surface area contributed by atoms with Gasteiger partial charge in [-0.2, -0.15) is 0 Å². The van der Waals surface area contributed by atoms with Gasteiger partial charge < -0.3 is 9.47 Å². The zero-order valence-electron chi connectivity index (χ0n) is 11.7. The minimum Gasteiger partial charge on any atom is -0.351 e. The largest absolute Gasteiger partial charge is 0.351 e. The molecule has 0 spiro atoms. The predicted molar refractivity (Wildman–Crippen MR) is 70.1 cm³/mol. The molecule has 0 N–H and O–H groups in total. The number of carbonyl (C=O) groups excluding carboxylic acids is 2. The third-order valence-corrected chi connectivity index (χ3v) is 3.05. The highest BCUT2D eigenvalue weighted by Gasteiger charge is 2.41. The highest BCUT2D eigenvalue weighted by Crippen LogP contribution is 2.33. The number of fused-ring (bicyclic) bond motifs is 1. The third kappa shape index (κ3) is 2.79. The second kappa shape index (κ2) is 6.28. The SMILES string of the molecule is CCOC(CN1C(=O)C(=O)c2c(F)ccc(F)c21)OCC. The normalized spacial score (nSPS) is 14.2. The van der Waals surface area contributed by atoms with Gasteiger partial charge in [-0.15, -0.1) is 0 Å². The van der Waals surface area contributed by atoms with Gasteiger partial charge in [0.2, 0.25) is 0 Å². The van der Waals surface area contributed by atoms with Crippen molar-refractivity contribution < 1.29 is 27.8 Å². The molecule has 1 amide bonds. The van der Waals surface area contributed by atoms with Gasteiger partial charge in [0.1, 0.15) is 11.6 Å². The van der Waals surface area contributed by atoms with Gasteiger partial charge in [-0.1, -0.05) is 0 Å². The second-order valence-corrected chi connectivity index (χ2v) is 4.34. The molecule has 5 nitrogen and oxygen atoms in total. The standard InChI is InChI=1S/C14H15F2NO4/c1-3-20-10(21-4-2)7-17-12-9(16)6-5-8(15)11(12)13(18)14(17)19/h5-6,10H,3-4,7H2,1-2H3. The second-order valence-electron chi connectivity index (χ2n) is 4.34. The molecule has 0 saturated carbocycles. The third-order valence-electron chi connectivity index (χ3n) is 3.05. The molecule has 2 rings (SSSR count). The van der Waals surface area contributed by atoms with E-state index in [0.29, 0.717) is 13.2 Å². The van der Waals surface area contributed by atoms with Crippen molar-refractivity contribution in [3.8, 4) is 0 Å². The van der Waals surface area contributed by atoms with Crippen LogP contribution in [0.4, 0.5) is 14.5 Å². The zero-order valence-corrected chi connectivity index (χ0v) is 11.7. The number of carbonyl (C=O) groups is 2. The Labute approximate surface area is 120 Å². The number of ether oxygens (including phenoxy) is 2. The van der Waals surface area contributed by atoms with E-state index in [9.17, 15) is 18.4 Å². The van der Waals surface area contributed by atoms with Crippen LogP contribution in [0.3, 0.4) is 0 Å². The van der Waals surface area contributed by atoms with E-state index in [1.165, 1.54) is 0 Å². The Morgan fingerprint density at radius 1 is 1.10 bits per heavy atom. The van der Waals surface area contributed by atoms with E-state index in [1.54, 1.807) is 13.8 Å². The van der Waals surface area contributed by atoms with Crippen molar-refractivity contribution in [2.75, 3.05) is 24.7 Å². The summed E-state index contributed by atoms with van der Waals surface area (Å²) in [5.41, 5.74) is -0.888. The summed E-state index contributed by atoms with van der Waals surface area (Å²) in [6, 6.07) is 1.70. The molecule has 0 saturated heterocycles. The number of ketones is 1. The van der Waals surface area contributed by atoms with Gasteiger partial charge in [-0.25, -0.2) is 8.78 Å². The van der Waals surface area contributed by atoms with Crippen LogP contribution in [0, 0.1) is 11.6 Å². The Balaban J connectivity index is 2.36. The van der Waals surface area contributed by atoms with Gasteiger partial charge >= 0.3 is 0 Å². The lowest BCUT2D eigenvalue weighted by molar-refractivity contribution is -0.134. The van der Waals surface area contributed by atoms with E-state index in [-0.39, 0.29) is 12.2 Å². The molecule has 0 fully saturated rings. The molecular formula is C14H15F2NO4. The molecule has 0 aromatic heterocycles. The molecule has 0 unspecified atom stereocenters. The van der Waals surface area contributed by atoms with Crippen molar-refractivity contribution in [3.63, 3.8) is 0 Å². The van der Waals surface area contributed by atoms with Gasteiger partial charge in [0.15, 0.2) is 6.29 Å². The summed E-state index contributed by atoms with van der Waals surface area (Å²) in [6.45, 7) is 3.92. The van der Waals surface area contributed by atoms with E-state index in [0.717, 1.165) is 17.0 Å². The molecule has 0 radical (unpaired) electrons. The maximum Gasteiger partial charge on any atom is 0.299 e. The van der Waals surface area contributed by atoms with Crippen LogP contribution in [0.15, 0.2) is 12.1 Å². The lowest BCUT2D eigenvalue weighted by Gasteiger charge is -2.23. The first-order valence-corrected chi connectivity index (χ1v) is 6.58. The van der Waals surface area contributed by atoms with Crippen LogP contribution in [-0.2, 0) is 14.3 Å². The first kappa shape index (κ1) is 15.5. The van der Waals surface area contributed by atoms with Gasteiger partial charge in [-0.05, 0) is 26.0 Å². The van der Waals surface area contributed by atoms with Crippen LogP contribution >= 0.6 is 0 Å². The fraction of sp³-hybridized carbons (Fsp3) is 0.429. The number of hydrogen-bond acceptors (Lipinski definition) is 4. The van der Waals surface area contributed by atoms with Crippen molar-refractivity contribution >= 4 is 17.4 Å². The van der Waals surface area contributed by atoms with Crippen LogP contribution < -0.4 is 4.90 Å². The molecule has 1 heterocycles. The summed E-state index contributed by atoms with van der Waals surface area (Å²) in [7, 11) is 0. The van der Waals surface area contributed by atoms with Gasteiger partial charge in [0.05, 0.1) is 17.8 Å². The van der Waals surface area contributed by atoms with Crippen LogP contribution in [-0.4, -0.2) is 37.7 Å². The monoisotopic (exact) mass is 299 g/mol. The van der Waals surface area contributed by atoms with E-state index in [2.05, 4.69) is 0 Å². The molecular weight excluding hydrogens is 284 g/mol. The summed E-state index contributed by atoms with van der Waals surface area (Å²) < 4.78 is 38.1. The van der Waals surface area contributed by atoms with Crippen molar-refractivity contribution in [1.82, 2.24) is 0 Å². The van der Waals surface area contributed by atoms with Gasteiger partial charge in [0, 0.05) is 13.2 Å². The average molecular weight is 299 g/mol. The number of benzene rings is 1. The zero-order chi connectivity index (χ0) is 15.6. The molecule has 1 aromatic carbocycles. The molecule has 1 aliphatic rings. The maximum atomic E-state index is 13.9. The molecule has 0 aliphatic carbocycles. The van der Waals surface area contributed by atoms with Crippen molar-refractivity contribution in [3.05, 3.63) is 29.3 Å². The molecule has 7 heteroatoms.